The summed E-state index contributed by atoms with van der Waals surface area (Å²) in [7, 11) is 0. The van der Waals surface area contributed by atoms with Crippen LogP contribution in [0.4, 0.5) is 11.4 Å². The minimum absolute atomic E-state index is 0.232. The maximum atomic E-state index is 9.92. The van der Waals surface area contributed by atoms with E-state index in [4.69, 9.17) is 5.73 Å². The summed E-state index contributed by atoms with van der Waals surface area (Å²) in [6.07, 6.45) is 0. The van der Waals surface area contributed by atoms with Gasteiger partial charge in [0.05, 0.1) is 0 Å². The highest BCUT2D eigenvalue weighted by molar-refractivity contribution is 5.58. The zero-order chi connectivity index (χ0) is 14.7. The lowest BCUT2D eigenvalue weighted by Crippen LogP contribution is -2.23. The van der Waals surface area contributed by atoms with Crippen LogP contribution in [0.15, 0.2) is 36.4 Å². The number of hydrogen-bond acceptors (Lipinski definition) is 4. The number of aromatic hydroxyl groups is 2. The van der Waals surface area contributed by atoms with Crippen LogP contribution < -0.4 is 10.6 Å². The lowest BCUT2D eigenvalue weighted by Gasteiger charge is -2.25. The molecule has 0 aliphatic heterocycles. The molecule has 0 atom stereocenters. The number of nitrogens with zero attached hydrogens (tertiary/aromatic N) is 1. The molecule has 4 N–H and O–H groups in total. The molecule has 0 radical (unpaired) electrons. The van der Waals surface area contributed by atoms with E-state index in [1.165, 1.54) is 0 Å². The van der Waals surface area contributed by atoms with Crippen LogP contribution in [0.25, 0.3) is 0 Å². The van der Waals surface area contributed by atoms with Gasteiger partial charge in [-0.25, -0.2) is 0 Å². The first kappa shape index (κ1) is 14.1. The second-order valence-corrected chi connectivity index (χ2v) is 4.87. The molecular formula is C16H20N2O2. The molecule has 0 aliphatic rings. The first-order valence-corrected chi connectivity index (χ1v) is 6.63. The number of aryl methyl sites for hydroxylation is 1. The van der Waals surface area contributed by atoms with Gasteiger partial charge in [0.1, 0.15) is 11.5 Å². The summed E-state index contributed by atoms with van der Waals surface area (Å²) in [4.78, 5) is 2.09. The molecule has 0 fully saturated rings. The maximum absolute atomic E-state index is 9.92. The first-order valence-electron chi connectivity index (χ1n) is 6.63. The second kappa shape index (κ2) is 5.74. The summed E-state index contributed by atoms with van der Waals surface area (Å²) in [5.41, 5.74) is 9.20. The van der Waals surface area contributed by atoms with Crippen LogP contribution in [-0.2, 0) is 6.54 Å². The largest absolute Gasteiger partial charge is 0.508 e. The monoisotopic (exact) mass is 272 g/mol. The van der Waals surface area contributed by atoms with Crippen molar-refractivity contribution in [3.05, 3.63) is 47.5 Å². The lowest BCUT2D eigenvalue weighted by molar-refractivity contribution is 0.467. The molecule has 4 nitrogen and oxygen atoms in total. The van der Waals surface area contributed by atoms with Crippen molar-refractivity contribution in [1.29, 1.82) is 0 Å². The van der Waals surface area contributed by atoms with Crippen LogP contribution in [0.3, 0.4) is 0 Å². The molecular weight excluding hydrogens is 252 g/mol. The Hall–Kier alpha value is -2.36. The van der Waals surface area contributed by atoms with E-state index in [0.29, 0.717) is 12.2 Å². The Morgan fingerprint density at radius 3 is 2.55 bits per heavy atom. The Balaban J connectivity index is 2.33. The molecule has 2 aromatic rings. The average Bonchev–Trinajstić information content (AvgIpc) is 2.42. The number of anilines is 2. The minimum Gasteiger partial charge on any atom is -0.508 e. The van der Waals surface area contributed by atoms with Gasteiger partial charge in [-0.15, -0.1) is 0 Å². The van der Waals surface area contributed by atoms with E-state index in [0.717, 1.165) is 23.4 Å². The summed E-state index contributed by atoms with van der Waals surface area (Å²) in [5.74, 6) is 0.469. The van der Waals surface area contributed by atoms with Gasteiger partial charge in [-0.3, -0.25) is 0 Å². The fraction of sp³-hybridized carbons (Fsp3) is 0.250. The highest BCUT2D eigenvalue weighted by Crippen LogP contribution is 2.28. The first-order chi connectivity index (χ1) is 9.51. The fourth-order valence-electron chi connectivity index (χ4n) is 2.24. The number of nitrogens with two attached hydrogens (primary N) is 1. The second-order valence-electron chi connectivity index (χ2n) is 4.87. The zero-order valence-electron chi connectivity index (χ0n) is 11.8. The molecule has 0 aliphatic carbocycles. The van der Waals surface area contributed by atoms with Crippen molar-refractivity contribution in [1.82, 2.24) is 0 Å². The zero-order valence-corrected chi connectivity index (χ0v) is 11.8. The van der Waals surface area contributed by atoms with Crippen molar-refractivity contribution in [2.24, 2.45) is 0 Å². The molecule has 0 spiro atoms. The van der Waals surface area contributed by atoms with E-state index < -0.39 is 0 Å². The van der Waals surface area contributed by atoms with Crippen LogP contribution in [-0.4, -0.2) is 16.8 Å². The van der Waals surface area contributed by atoms with Crippen molar-refractivity contribution < 1.29 is 10.2 Å². The Morgan fingerprint density at radius 1 is 1.10 bits per heavy atom. The number of rotatable bonds is 4. The van der Waals surface area contributed by atoms with E-state index in [1.807, 2.05) is 19.9 Å². The van der Waals surface area contributed by atoms with Crippen LogP contribution in [0.2, 0.25) is 0 Å². The Morgan fingerprint density at radius 2 is 1.85 bits per heavy atom. The summed E-state index contributed by atoms with van der Waals surface area (Å²) < 4.78 is 0. The van der Waals surface area contributed by atoms with Crippen LogP contribution in [0.1, 0.15) is 18.1 Å². The van der Waals surface area contributed by atoms with Gasteiger partial charge in [-0.1, -0.05) is 6.07 Å². The Bertz CT molecular complexity index is 611. The van der Waals surface area contributed by atoms with Crippen molar-refractivity contribution in [2.75, 3.05) is 17.2 Å². The topological polar surface area (TPSA) is 69.7 Å². The van der Waals surface area contributed by atoms with Gasteiger partial charge in [-0.05, 0) is 43.7 Å². The molecule has 106 valence electrons. The number of hydrogen-bond donors (Lipinski definition) is 3. The van der Waals surface area contributed by atoms with Crippen molar-refractivity contribution in [2.45, 2.75) is 20.4 Å². The Labute approximate surface area is 119 Å². The number of nitrogen functional groups attached to an aromatic ring is 1. The van der Waals surface area contributed by atoms with Crippen molar-refractivity contribution in [3.8, 4) is 11.5 Å². The average molecular weight is 272 g/mol. The predicted octanol–water partition coefficient (Wildman–Crippen LogP) is 3.01. The standard InChI is InChI=1S/C16H20N2O2/c1-3-18(15-9-14(19)6-4-11(15)2)10-12-8-13(17)5-7-16(12)20/h4-9,19-20H,3,10,17H2,1-2H3. The van der Waals surface area contributed by atoms with E-state index >= 15 is 0 Å². The van der Waals surface area contributed by atoms with Crippen LogP contribution in [0, 0.1) is 6.92 Å². The third kappa shape index (κ3) is 2.96. The molecule has 0 saturated heterocycles. The van der Waals surface area contributed by atoms with E-state index in [2.05, 4.69) is 4.90 Å². The van der Waals surface area contributed by atoms with E-state index in [1.54, 1.807) is 30.3 Å². The van der Waals surface area contributed by atoms with Crippen LogP contribution >= 0.6 is 0 Å². The van der Waals surface area contributed by atoms with Gasteiger partial charge >= 0.3 is 0 Å². The maximum Gasteiger partial charge on any atom is 0.120 e. The molecule has 0 unspecified atom stereocenters. The summed E-state index contributed by atoms with van der Waals surface area (Å²) in [6.45, 7) is 5.33. The van der Waals surface area contributed by atoms with Gasteiger partial charge in [-0.2, -0.15) is 0 Å². The normalized spacial score (nSPS) is 10.5. The van der Waals surface area contributed by atoms with Gasteiger partial charge in [0.2, 0.25) is 0 Å². The van der Waals surface area contributed by atoms with Crippen LogP contribution in [0.5, 0.6) is 11.5 Å². The molecule has 0 aromatic heterocycles. The van der Waals surface area contributed by atoms with Gasteiger partial charge < -0.3 is 20.8 Å². The summed E-state index contributed by atoms with van der Waals surface area (Å²) >= 11 is 0. The SMILES string of the molecule is CCN(Cc1cc(N)ccc1O)c1cc(O)ccc1C. The molecule has 2 rings (SSSR count). The summed E-state index contributed by atoms with van der Waals surface area (Å²) in [5, 5.41) is 19.6. The highest BCUT2D eigenvalue weighted by Gasteiger charge is 2.11. The van der Waals surface area contributed by atoms with E-state index in [-0.39, 0.29) is 11.5 Å². The summed E-state index contributed by atoms with van der Waals surface area (Å²) in [6, 6.07) is 10.3. The van der Waals surface area contributed by atoms with E-state index in [9.17, 15) is 10.2 Å². The third-order valence-corrected chi connectivity index (χ3v) is 3.38. The lowest BCUT2D eigenvalue weighted by atomic mass is 10.1. The van der Waals surface area contributed by atoms with Gasteiger partial charge in [0.25, 0.3) is 0 Å². The molecule has 4 heteroatoms. The predicted molar refractivity (Wildman–Crippen MR) is 82.1 cm³/mol. The smallest absolute Gasteiger partial charge is 0.120 e. The van der Waals surface area contributed by atoms with Gasteiger partial charge in [0, 0.05) is 36.1 Å². The quantitative estimate of drug-likeness (QED) is 0.591. The molecule has 0 saturated carbocycles. The minimum atomic E-state index is 0.232. The Kier molecular flexibility index (Phi) is 4.03. The van der Waals surface area contributed by atoms with Gasteiger partial charge in [0.15, 0.2) is 0 Å². The number of phenolic OH excluding ortho intramolecular Hbond substituents is 2. The highest BCUT2D eigenvalue weighted by atomic mass is 16.3. The third-order valence-electron chi connectivity index (χ3n) is 3.38. The van der Waals surface area contributed by atoms with Crippen molar-refractivity contribution >= 4 is 11.4 Å². The molecule has 0 bridgehead atoms. The molecule has 0 heterocycles. The van der Waals surface area contributed by atoms with Crippen molar-refractivity contribution in [3.63, 3.8) is 0 Å². The molecule has 0 amide bonds. The molecule has 2 aromatic carbocycles. The fourth-order valence-corrected chi connectivity index (χ4v) is 2.24. The number of phenols is 2. The molecule has 20 heavy (non-hydrogen) atoms. The number of benzene rings is 2.